The third-order valence-electron chi connectivity index (χ3n) is 3.71. The van der Waals surface area contributed by atoms with E-state index in [9.17, 15) is 9.59 Å². The molecule has 116 valence electrons. The molecular weight excluding hydrogens is 416 g/mol. The highest BCUT2D eigenvalue weighted by atomic mass is 79.9. The Labute approximate surface area is 144 Å². The van der Waals surface area contributed by atoms with E-state index in [1.165, 1.54) is 0 Å². The number of nitrogens with zero attached hydrogens (tertiary/aromatic N) is 2. The smallest absolute Gasteiger partial charge is 0.329 e. The molecule has 1 aliphatic heterocycles. The van der Waals surface area contributed by atoms with E-state index in [-0.39, 0.29) is 11.5 Å². The summed E-state index contributed by atoms with van der Waals surface area (Å²) in [5.41, 5.74) is 1.15. The van der Waals surface area contributed by atoms with Crippen LogP contribution in [0.1, 0.15) is 5.69 Å². The first-order valence-corrected chi connectivity index (χ1v) is 8.81. The van der Waals surface area contributed by atoms with Crippen molar-refractivity contribution in [2.24, 2.45) is 0 Å². The van der Waals surface area contributed by atoms with Gasteiger partial charge in [-0.25, -0.2) is 4.79 Å². The fourth-order valence-corrected chi connectivity index (χ4v) is 4.02. The van der Waals surface area contributed by atoms with Crippen LogP contribution in [0.4, 0.5) is 4.79 Å². The first-order chi connectivity index (χ1) is 10.6. The molecule has 0 radical (unpaired) electrons. The maximum absolute atomic E-state index is 12.9. The van der Waals surface area contributed by atoms with Crippen molar-refractivity contribution in [3.8, 4) is 0 Å². The molecule has 1 fully saturated rings. The number of aromatic nitrogens is 1. The van der Waals surface area contributed by atoms with Gasteiger partial charge in [-0.05, 0) is 28.1 Å². The average molecular weight is 430 g/mol. The largest absolute Gasteiger partial charge is 0.378 e. The van der Waals surface area contributed by atoms with E-state index in [0.717, 1.165) is 0 Å². The predicted molar refractivity (Wildman–Crippen MR) is 91.7 cm³/mol. The number of hydrogen-bond acceptors (Lipinski definition) is 3. The number of hydrogen-bond donors (Lipinski definition) is 0. The molecule has 1 aliphatic rings. The van der Waals surface area contributed by atoms with Crippen LogP contribution in [-0.4, -0.2) is 41.8 Å². The minimum Gasteiger partial charge on any atom is -0.378 e. The van der Waals surface area contributed by atoms with E-state index in [0.29, 0.717) is 52.7 Å². The van der Waals surface area contributed by atoms with Crippen LogP contribution >= 0.6 is 31.9 Å². The molecule has 1 aromatic heterocycles. The first kappa shape index (κ1) is 15.7. The number of fused-ring (bicyclic) bond motifs is 1. The Morgan fingerprint density at radius 3 is 2.59 bits per heavy atom. The van der Waals surface area contributed by atoms with Crippen LogP contribution < -0.4 is 5.43 Å². The topological polar surface area (TPSA) is 51.5 Å². The molecule has 7 heteroatoms. The molecular formula is C15H14Br2N2O3. The van der Waals surface area contributed by atoms with E-state index < -0.39 is 0 Å². The van der Waals surface area contributed by atoms with Gasteiger partial charge in [0.15, 0.2) is 0 Å². The Hall–Kier alpha value is -1.18. The lowest BCUT2D eigenvalue weighted by molar-refractivity contribution is 0.0536. The van der Waals surface area contributed by atoms with Crippen molar-refractivity contribution in [1.82, 2.24) is 9.47 Å². The van der Waals surface area contributed by atoms with Gasteiger partial charge in [0, 0.05) is 23.8 Å². The van der Waals surface area contributed by atoms with Crippen LogP contribution in [0.25, 0.3) is 10.9 Å². The van der Waals surface area contributed by atoms with Crippen molar-refractivity contribution >= 4 is 48.8 Å². The molecule has 1 aromatic carbocycles. The number of ether oxygens (including phenoxy) is 1. The van der Waals surface area contributed by atoms with Crippen LogP contribution in [0, 0.1) is 0 Å². The lowest BCUT2D eigenvalue weighted by Crippen LogP contribution is -2.44. The van der Waals surface area contributed by atoms with Gasteiger partial charge in [-0.3, -0.25) is 9.36 Å². The number of rotatable bonds is 1. The van der Waals surface area contributed by atoms with Crippen LogP contribution in [0.2, 0.25) is 0 Å². The molecule has 1 amide bonds. The monoisotopic (exact) mass is 428 g/mol. The molecule has 0 saturated carbocycles. The standard InChI is InChI=1S/C15H14Br2N2O3/c16-9-12-13(17)14(20)10-3-1-2-4-11(10)19(12)15(21)18-5-7-22-8-6-18/h1-4H,5-9H2. The molecule has 2 heterocycles. The first-order valence-electron chi connectivity index (χ1n) is 6.90. The van der Waals surface area contributed by atoms with E-state index >= 15 is 0 Å². The van der Waals surface area contributed by atoms with Crippen molar-refractivity contribution in [3.05, 3.63) is 44.7 Å². The Balaban J connectivity index is 2.24. The van der Waals surface area contributed by atoms with Crippen molar-refractivity contribution in [2.45, 2.75) is 5.33 Å². The number of para-hydroxylation sites is 1. The van der Waals surface area contributed by atoms with E-state index in [1.807, 2.05) is 6.07 Å². The summed E-state index contributed by atoms with van der Waals surface area (Å²) in [6.07, 6.45) is 0. The molecule has 22 heavy (non-hydrogen) atoms. The van der Waals surface area contributed by atoms with Crippen molar-refractivity contribution in [2.75, 3.05) is 26.3 Å². The van der Waals surface area contributed by atoms with Crippen molar-refractivity contribution in [1.29, 1.82) is 0 Å². The van der Waals surface area contributed by atoms with E-state index in [4.69, 9.17) is 4.74 Å². The number of pyridine rings is 1. The Morgan fingerprint density at radius 1 is 1.23 bits per heavy atom. The minimum absolute atomic E-state index is 0.101. The SMILES string of the molecule is O=C(N1CCOCC1)n1c(CBr)c(Br)c(=O)c2ccccc21. The highest BCUT2D eigenvalue weighted by Gasteiger charge is 2.24. The van der Waals surface area contributed by atoms with Gasteiger partial charge in [0.25, 0.3) is 0 Å². The van der Waals surface area contributed by atoms with Gasteiger partial charge in [-0.2, -0.15) is 0 Å². The summed E-state index contributed by atoms with van der Waals surface area (Å²) in [6, 6.07) is 7.04. The summed E-state index contributed by atoms with van der Waals surface area (Å²) in [5.74, 6) is 0. The van der Waals surface area contributed by atoms with E-state index in [1.54, 1.807) is 27.7 Å². The number of halogens is 2. The summed E-state index contributed by atoms with van der Waals surface area (Å²) in [5, 5.41) is 0.935. The molecule has 0 spiro atoms. The van der Waals surface area contributed by atoms with Crippen LogP contribution in [0.15, 0.2) is 33.5 Å². The van der Waals surface area contributed by atoms with Gasteiger partial charge in [0.1, 0.15) is 0 Å². The highest BCUT2D eigenvalue weighted by molar-refractivity contribution is 9.10. The minimum atomic E-state index is -0.130. The van der Waals surface area contributed by atoms with Gasteiger partial charge < -0.3 is 9.64 Å². The summed E-state index contributed by atoms with van der Waals surface area (Å²) in [6.45, 7) is 2.18. The van der Waals surface area contributed by atoms with Crippen LogP contribution in [-0.2, 0) is 10.1 Å². The second kappa shape index (κ2) is 6.52. The predicted octanol–water partition coefficient (Wildman–Crippen LogP) is 2.96. The fourth-order valence-electron chi connectivity index (χ4n) is 2.59. The fraction of sp³-hybridized carbons (Fsp3) is 0.333. The molecule has 1 saturated heterocycles. The molecule has 0 bridgehead atoms. The third-order valence-corrected chi connectivity index (χ3v) is 5.06. The summed E-state index contributed by atoms with van der Waals surface area (Å²) in [4.78, 5) is 27.1. The maximum Gasteiger partial charge on any atom is 0.329 e. The van der Waals surface area contributed by atoms with Crippen molar-refractivity contribution in [3.63, 3.8) is 0 Å². The molecule has 3 rings (SSSR count). The normalized spacial score (nSPS) is 15.3. The van der Waals surface area contributed by atoms with Gasteiger partial charge in [0.2, 0.25) is 5.43 Å². The molecule has 0 N–H and O–H groups in total. The van der Waals surface area contributed by atoms with Gasteiger partial charge in [-0.15, -0.1) is 0 Å². The Bertz CT molecular complexity index is 782. The number of carbonyl (C=O) groups is 1. The van der Waals surface area contributed by atoms with Crippen molar-refractivity contribution < 1.29 is 9.53 Å². The lowest BCUT2D eigenvalue weighted by Gasteiger charge is -2.29. The second-order valence-electron chi connectivity index (χ2n) is 4.96. The number of alkyl halides is 1. The quantitative estimate of drug-likeness (QED) is 0.655. The molecule has 5 nitrogen and oxygen atoms in total. The average Bonchev–Trinajstić information content (AvgIpc) is 2.58. The van der Waals surface area contributed by atoms with E-state index in [2.05, 4.69) is 31.9 Å². The zero-order chi connectivity index (χ0) is 15.7. The number of morpholine rings is 1. The summed E-state index contributed by atoms with van der Waals surface area (Å²) in [7, 11) is 0. The van der Waals surface area contributed by atoms with Gasteiger partial charge >= 0.3 is 6.03 Å². The third kappa shape index (κ3) is 2.61. The lowest BCUT2D eigenvalue weighted by atomic mass is 10.2. The van der Waals surface area contributed by atoms with Crippen LogP contribution in [0.5, 0.6) is 0 Å². The van der Waals surface area contributed by atoms with Crippen LogP contribution in [0.3, 0.4) is 0 Å². The second-order valence-corrected chi connectivity index (χ2v) is 6.31. The number of carbonyl (C=O) groups excluding carboxylic acids is 1. The number of benzene rings is 1. The highest BCUT2D eigenvalue weighted by Crippen LogP contribution is 2.23. The molecule has 0 atom stereocenters. The van der Waals surface area contributed by atoms with Gasteiger partial charge in [0.05, 0.1) is 28.9 Å². The zero-order valence-electron chi connectivity index (χ0n) is 11.7. The molecule has 0 aliphatic carbocycles. The number of amides is 1. The maximum atomic E-state index is 12.9. The summed E-state index contributed by atoms with van der Waals surface area (Å²) < 4.78 is 7.33. The zero-order valence-corrected chi connectivity index (χ0v) is 14.9. The summed E-state index contributed by atoms with van der Waals surface area (Å²) >= 11 is 6.73. The van der Waals surface area contributed by atoms with Gasteiger partial charge in [-0.1, -0.05) is 28.1 Å². The Morgan fingerprint density at radius 2 is 1.91 bits per heavy atom. The molecule has 2 aromatic rings. The Kier molecular flexibility index (Phi) is 4.65. The molecule has 0 unspecified atom stereocenters.